The predicted molar refractivity (Wildman–Crippen MR) is 89.1 cm³/mol. The Hall–Kier alpha value is -0.770. The van der Waals surface area contributed by atoms with Crippen molar-refractivity contribution in [1.82, 2.24) is 5.32 Å². The fourth-order valence-electron chi connectivity index (χ4n) is 1.95. The average molecular weight is 314 g/mol. The lowest BCUT2D eigenvalue weighted by molar-refractivity contribution is 0.272. The molecule has 0 atom stereocenters. The van der Waals surface area contributed by atoms with Crippen LogP contribution in [-0.4, -0.2) is 23.9 Å². The average Bonchev–Trinajstić information content (AvgIpc) is 2.40. The Kier molecular flexibility index (Phi) is 8.09. The van der Waals surface area contributed by atoms with E-state index in [1.54, 1.807) is 0 Å². The van der Waals surface area contributed by atoms with E-state index in [1.807, 2.05) is 18.2 Å². The van der Waals surface area contributed by atoms with Gasteiger partial charge in [-0.3, -0.25) is 0 Å². The van der Waals surface area contributed by atoms with E-state index in [-0.39, 0.29) is 12.1 Å². The SMILES string of the molecule is CC(C)(C)NCc1c(Cl)cccc1OCCCCCCO. The van der Waals surface area contributed by atoms with E-state index in [4.69, 9.17) is 21.4 Å². The van der Waals surface area contributed by atoms with E-state index < -0.39 is 0 Å². The number of halogens is 1. The Bertz CT molecular complexity index is 416. The number of hydrogen-bond acceptors (Lipinski definition) is 3. The van der Waals surface area contributed by atoms with Crippen molar-refractivity contribution >= 4 is 11.6 Å². The maximum Gasteiger partial charge on any atom is 0.125 e. The van der Waals surface area contributed by atoms with Crippen molar-refractivity contribution in [3.8, 4) is 5.75 Å². The molecule has 0 amide bonds. The maximum absolute atomic E-state index is 8.74. The van der Waals surface area contributed by atoms with Gasteiger partial charge in [0.15, 0.2) is 0 Å². The molecular weight excluding hydrogens is 286 g/mol. The van der Waals surface area contributed by atoms with Crippen molar-refractivity contribution in [2.45, 2.75) is 58.5 Å². The lowest BCUT2D eigenvalue weighted by Crippen LogP contribution is -2.35. The van der Waals surface area contributed by atoms with Crippen molar-refractivity contribution in [1.29, 1.82) is 0 Å². The van der Waals surface area contributed by atoms with Gasteiger partial charge in [-0.2, -0.15) is 0 Å². The second-order valence-electron chi connectivity index (χ2n) is 6.31. The molecule has 0 aromatic heterocycles. The summed E-state index contributed by atoms with van der Waals surface area (Å²) in [4.78, 5) is 0. The fraction of sp³-hybridized carbons (Fsp3) is 0.647. The standard InChI is InChI=1S/C17H28ClNO2/c1-17(2,3)19-13-14-15(18)9-8-10-16(14)21-12-7-5-4-6-11-20/h8-10,19-20H,4-7,11-13H2,1-3H3. The minimum Gasteiger partial charge on any atom is -0.493 e. The summed E-state index contributed by atoms with van der Waals surface area (Å²) in [6.45, 7) is 8.05. The van der Waals surface area contributed by atoms with Crippen LogP contribution in [0.15, 0.2) is 18.2 Å². The number of nitrogens with one attached hydrogen (secondary N) is 1. The van der Waals surface area contributed by atoms with Crippen molar-refractivity contribution in [2.24, 2.45) is 0 Å². The van der Waals surface area contributed by atoms with Crippen LogP contribution >= 0.6 is 11.6 Å². The van der Waals surface area contributed by atoms with Gasteiger partial charge in [0.25, 0.3) is 0 Å². The highest BCUT2D eigenvalue weighted by molar-refractivity contribution is 6.31. The summed E-state index contributed by atoms with van der Waals surface area (Å²) in [5.41, 5.74) is 1.06. The number of ether oxygens (including phenoxy) is 1. The largest absolute Gasteiger partial charge is 0.493 e. The molecule has 0 aliphatic carbocycles. The Morgan fingerprint density at radius 2 is 1.86 bits per heavy atom. The number of hydrogen-bond donors (Lipinski definition) is 2. The molecular formula is C17H28ClNO2. The second kappa shape index (κ2) is 9.29. The third kappa shape index (κ3) is 7.70. The zero-order chi connectivity index (χ0) is 15.7. The van der Waals surface area contributed by atoms with Crippen molar-refractivity contribution < 1.29 is 9.84 Å². The Morgan fingerprint density at radius 1 is 1.14 bits per heavy atom. The van der Waals surface area contributed by atoms with E-state index in [1.165, 1.54) is 0 Å². The zero-order valence-electron chi connectivity index (χ0n) is 13.4. The smallest absolute Gasteiger partial charge is 0.125 e. The molecule has 0 fully saturated rings. The lowest BCUT2D eigenvalue weighted by Gasteiger charge is -2.22. The van der Waals surface area contributed by atoms with E-state index in [0.29, 0.717) is 13.2 Å². The summed E-state index contributed by atoms with van der Waals surface area (Å²) in [6, 6.07) is 5.79. The van der Waals surface area contributed by atoms with Crippen LogP contribution in [0, 0.1) is 0 Å². The van der Waals surface area contributed by atoms with Gasteiger partial charge in [-0.05, 0) is 52.2 Å². The van der Waals surface area contributed by atoms with Gasteiger partial charge in [0.05, 0.1) is 6.61 Å². The van der Waals surface area contributed by atoms with Gasteiger partial charge >= 0.3 is 0 Å². The molecule has 0 saturated heterocycles. The molecule has 0 heterocycles. The Balaban J connectivity index is 2.51. The fourth-order valence-corrected chi connectivity index (χ4v) is 2.18. The van der Waals surface area contributed by atoms with Crippen LogP contribution in [0.1, 0.15) is 52.0 Å². The Morgan fingerprint density at radius 3 is 2.52 bits per heavy atom. The van der Waals surface area contributed by atoms with Crippen LogP contribution in [0.5, 0.6) is 5.75 Å². The minimum atomic E-state index is 0.0424. The summed E-state index contributed by atoms with van der Waals surface area (Å²) < 4.78 is 5.88. The minimum absolute atomic E-state index is 0.0424. The van der Waals surface area contributed by atoms with E-state index in [9.17, 15) is 0 Å². The van der Waals surface area contributed by atoms with Crippen LogP contribution in [0.2, 0.25) is 5.02 Å². The first-order chi connectivity index (χ1) is 9.94. The van der Waals surface area contributed by atoms with Crippen molar-refractivity contribution in [3.05, 3.63) is 28.8 Å². The van der Waals surface area contributed by atoms with Gasteiger partial charge in [0.1, 0.15) is 5.75 Å². The molecule has 0 aliphatic heterocycles. The van der Waals surface area contributed by atoms with Crippen LogP contribution in [0.4, 0.5) is 0 Å². The van der Waals surface area contributed by atoms with Crippen molar-refractivity contribution in [3.63, 3.8) is 0 Å². The summed E-state index contributed by atoms with van der Waals surface area (Å²) in [6.07, 6.45) is 4.00. The highest BCUT2D eigenvalue weighted by atomic mass is 35.5. The molecule has 0 saturated carbocycles. The molecule has 0 spiro atoms. The van der Waals surface area contributed by atoms with Gasteiger partial charge in [-0.25, -0.2) is 0 Å². The van der Waals surface area contributed by atoms with E-state index in [2.05, 4.69) is 26.1 Å². The highest BCUT2D eigenvalue weighted by Gasteiger charge is 2.13. The summed E-state index contributed by atoms with van der Waals surface area (Å²) in [5.74, 6) is 0.862. The third-order valence-electron chi connectivity index (χ3n) is 3.18. The molecule has 0 unspecified atom stereocenters. The second-order valence-corrected chi connectivity index (χ2v) is 6.71. The monoisotopic (exact) mass is 313 g/mol. The lowest BCUT2D eigenvalue weighted by atomic mass is 10.1. The van der Waals surface area contributed by atoms with Gasteiger partial charge in [-0.1, -0.05) is 24.1 Å². The van der Waals surface area contributed by atoms with Crippen LogP contribution < -0.4 is 10.1 Å². The molecule has 120 valence electrons. The molecule has 0 bridgehead atoms. The van der Waals surface area contributed by atoms with Gasteiger partial charge in [0.2, 0.25) is 0 Å². The van der Waals surface area contributed by atoms with Crippen LogP contribution in [0.25, 0.3) is 0 Å². The van der Waals surface area contributed by atoms with E-state index >= 15 is 0 Å². The van der Waals surface area contributed by atoms with E-state index in [0.717, 1.165) is 42.0 Å². The molecule has 2 N–H and O–H groups in total. The first-order valence-electron chi connectivity index (χ1n) is 7.70. The normalized spacial score (nSPS) is 11.7. The molecule has 1 rings (SSSR count). The number of unbranched alkanes of at least 4 members (excludes halogenated alkanes) is 3. The molecule has 4 heteroatoms. The summed E-state index contributed by atoms with van der Waals surface area (Å²) in [5, 5.41) is 12.9. The summed E-state index contributed by atoms with van der Waals surface area (Å²) in [7, 11) is 0. The number of benzene rings is 1. The first kappa shape index (κ1) is 18.3. The van der Waals surface area contributed by atoms with Crippen LogP contribution in [-0.2, 0) is 6.54 Å². The van der Waals surface area contributed by atoms with Gasteiger partial charge < -0.3 is 15.2 Å². The quantitative estimate of drug-likeness (QED) is 0.673. The first-order valence-corrected chi connectivity index (χ1v) is 8.08. The molecule has 0 radical (unpaired) electrons. The number of aliphatic hydroxyl groups is 1. The summed E-state index contributed by atoms with van der Waals surface area (Å²) >= 11 is 6.29. The molecule has 0 aliphatic rings. The van der Waals surface area contributed by atoms with Crippen LogP contribution in [0.3, 0.4) is 0 Å². The Labute approximate surface area is 133 Å². The number of aliphatic hydroxyl groups excluding tert-OH is 1. The highest BCUT2D eigenvalue weighted by Crippen LogP contribution is 2.27. The molecule has 3 nitrogen and oxygen atoms in total. The molecule has 1 aromatic rings. The predicted octanol–water partition coefficient (Wildman–Crippen LogP) is 4.16. The van der Waals surface area contributed by atoms with Gasteiger partial charge in [-0.15, -0.1) is 0 Å². The maximum atomic E-state index is 8.74. The zero-order valence-corrected chi connectivity index (χ0v) is 14.2. The third-order valence-corrected chi connectivity index (χ3v) is 3.54. The molecule has 1 aromatic carbocycles. The number of rotatable bonds is 9. The molecule has 21 heavy (non-hydrogen) atoms. The van der Waals surface area contributed by atoms with Crippen molar-refractivity contribution in [2.75, 3.05) is 13.2 Å². The van der Waals surface area contributed by atoms with Gasteiger partial charge in [0, 0.05) is 29.3 Å². The topological polar surface area (TPSA) is 41.5 Å².